The van der Waals surface area contributed by atoms with Gasteiger partial charge in [-0.1, -0.05) is 0 Å². The van der Waals surface area contributed by atoms with Gasteiger partial charge in [0.05, 0.1) is 10.0 Å². The van der Waals surface area contributed by atoms with Crippen molar-refractivity contribution in [3.05, 3.63) is 27.5 Å². The highest BCUT2D eigenvalue weighted by atomic mass is 79.9. The average Bonchev–Trinajstić information content (AvgIpc) is 2.44. The molecule has 80 valence electrons. The fourth-order valence-corrected chi connectivity index (χ4v) is 1.83. The number of halogens is 5. The highest BCUT2D eigenvalue weighted by Gasteiger charge is 2.32. The quantitative estimate of drug-likeness (QED) is 0.726. The van der Waals surface area contributed by atoms with Crippen molar-refractivity contribution in [2.45, 2.75) is 6.18 Å². The van der Waals surface area contributed by atoms with Gasteiger partial charge in [-0.3, -0.25) is 0 Å². The minimum Gasteiger partial charge on any atom is -0.426 e. The second kappa shape index (κ2) is 3.38. The predicted octanol–water partition coefficient (Wildman–Crippen LogP) is 4.26. The molecule has 2 rings (SSSR count). The van der Waals surface area contributed by atoms with Crippen molar-refractivity contribution < 1.29 is 17.6 Å². The van der Waals surface area contributed by atoms with Crippen molar-refractivity contribution in [3.8, 4) is 0 Å². The third-order valence-electron chi connectivity index (χ3n) is 1.75. The molecule has 0 N–H and O–H groups in total. The van der Waals surface area contributed by atoms with Crippen LogP contribution < -0.4 is 0 Å². The van der Waals surface area contributed by atoms with Crippen LogP contribution in [0.25, 0.3) is 11.1 Å². The van der Waals surface area contributed by atoms with Crippen LogP contribution in [0, 0.1) is 0 Å². The van der Waals surface area contributed by atoms with Gasteiger partial charge in [0, 0.05) is 0 Å². The van der Waals surface area contributed by atoms with Crippen LogP contribution in [-0.4, -0.2) is 4.98 Å². The third-order valence-corrected chi connectivity index (χ3v) is 2.50. The zero-order chi connectivity index (χ0) is 11.2. The van der Waals surface area contributed by atoms with Crippen molar-refractivity contribution in [2.24, 2.45) is 0 Å². The number of hydrogen-bond acceptors (Lipinski definition) is 2. The van der Waals surface area contributed by atoms with E-state index >= 15 is 0 Å². The Morgan fingerprint density at radius 1 is 1.33 bits per heavy atom. The predicted molar refractivity (Wildman–Crippen MR) is 51.7 cm³/mol. The first-order valence-electron chi connectivity index (χ1n) is 3.71. The summed E-state index contributed by atoms with van der Waals surface area (Å²) in [4.78, 5) is 3.62. The van der Waals surface area contributed by atoms with Gasteiger partial charge in [0.15, 0.2) is 5.58 Å². The molecule has 0 fully saturated rings. The lowest BCUT2D eigenvalue weighted by Crippen LogP contribution is -2.04. The Morgan fingerprint density at radius 3 is 2.60 bits per heavy atom. The van der Waals surface area contributed by atoms with Crippen LogP contribution in [0.3, 0.4) is 0 Å². The smallest absolute Gasteiger partial charge is 0.416 e. The number of oxazole rings is 1. The molecule has 0 bridgehead atoms. The zero-order valence-electron chi connectivity index (χ0n) is 6.90. The zero-order valence-corrected chi connectivity index (χ0v) is 9.24. The average molecular weight is 300 g/mol. The van der Waals surface area contributed by atoms with Crippen LogP contribution >= 0.6 is 27.5 Å². The molecule has 0 unspecified atom stereocenters. The van der Waals surface area contributed by atoms with E-state index in [-0.39, 0.29) is 20.9 Å². The lowest BCUT2D eigenvalue weighted by Gasteiger charge is -2.06. The van der Waals surface area contributed by atoms with Gasteiger partial charge in [0.25, 0.3) is 5.35 Å². The summed E-state index contributed by atoms with van der Waals surface area (Å²) in [6.07, 6.45) is -4.41. The Bertz CT molecular complexity index is 522. The van der Waals surface area contributed by atoms with Crippen molar-refractivity contribution in [1.82, 2.24) is 4.98 Å². The van der Waals surface area contributed by atoms with E-state index in [9.17, 15) is 13.2 Å². The molecule has 0 aliphatic rings. The fraction of sp³-hybridized carbons (Fsp3) is 0.125. The van der Waals surface area contributed by atoms with Crippen LogP contribution in [-0.2, 0) is 6.18 Å². The van der Waals surface area contributed by atoms with Gasteiger partial charge in [0.2, 0.25) is 0 Å². The monoisotopic (exact) mass is 299 g/mol. The van der Waals surface area contributed by atoms with Crippen LogP contribution in [0.5, 0.6) is 0 Å². The molecule has 0 radical (unpaired) electrons. The lowest BCUT2D eigenvalue weighted by atomic mass is 10.2. The molecule has 0 saturated carbocycles. The lowest BCUT2D eigenvalue weighted by molar-refractivity contribution is -0.137. The normalized spacial score (nSPS) is 12.3. The molecule has 0 saturated heterocycles. The second-order valence-corrected chi connectivity index (χ2v) is 3.95. The second-order valence-electron chi connectivity index (χ2n) is 2.77. The Hall–Kier alpha value is -0.750. The Kier molecular flexibility index (Phi) is 2.42. The molecule has 7 heteroatoms. The van der Waals surface area contributed by atoms with E-state index < -0.39 is 11.7 Å². The van der Waals surface area contributed by atoms with Gasteiger partial charge in [-0.05, 0) is 39.7 Å². The summed E-state index contributed by atoms with van der Waals surface area (Å²) in [5.74, 6) is 0. The van der Waals surface area contributed by atoms with Crippen molar-refractivity contribution >= 4 is 38.6 Å². The van der Waals surface area contributed by atoms with Gasteiger partial charge in [0.1, 0.15) is 5.52 Å². The minimum absolute atomic E-state index is 0.0710. The Labute approximate surface area is 95.2 Å². The van der Waals surface area contributed by atoms with Crippen molar-refractivity contribution in [1.29, 1.82) is 0 Å². The number of rotatable bonds is 0. The van der Waals surface area contributed by atoms with Crippen LogP contribution in [0.2, 0.25) is 5.35 Å². The summed E-state index contributed by atoms with van der Waals surface area (Å²) in [5.41, 5.74) is -0.526. The van der Waals surface area contributed by atoms with Gasteiger partial charge in [-0.15, -0.1) is 0 Å². The maximum absolute atomic E-state index is 12.4. The van der Waals surface area contributed by atoms with Crippen molar-refractivity contribution in [2.75, 3.05) is 0 Å². The highest BCUT2D eigenvalue weighted by molar-refractivity contribution is 9.10. The van der Waals surface area contributed by atoms with Gasteiger partial charge in [-0.25, -0.2) is 0 Å². The number of hydrogen-bond donors (Lipinski definition) is 0. The molecule has 1 aromatic carbocycles. The van der Waals surface area contributed by atoms with Crippen LogP contribution in [0.1, 0.15) is 5.56 Å². The van der Waals surface area contributed by atoms with E-state index in [1.54, 1.807) is 0 Å². The Morgan fingerprint density at radius 2 is 2.00 bits per heavy atom. The first kappa shape index (κ1) is 10.8. The fourth-order valence-electron chi connectivity index (χ4n) is 1.13. The molecule has 0 aliphatic carbocycles. The van der Waals surface area contributed by atoms with E-state index in [2.05, 4.69) is 20.9 Å². The molecule has 0 spiro atoms. The maximum Gasteiger partial charge on any atom is 0.416 e. The standard InChI is InChI=1S/C8H2BrClF3NO/c9-4-1-3(8(11,12)13)2-5-6(4)15-7(10)14-5/h1-2H. The van der Waals surface area contributed by atoms with E-state index in [0.717, 1.165) is 12.1 Å². The third kappa shape index (κ3) is 1.96. The number of nitrogens with zero attached hydrogens (tertiary/aromatic N) is 1. The number of benzene rings is 1. The Balaban J connectivity index is 2.72. The SMILES string of the molecule is FC(F)(F)c1cc(Br)c2oc(Cl)nc2c1. The summed E-state index contributed by atoms with van der Waals surface area (Å²) < 4.78 is 42.3. The van der Waals surface area contributed by atoms with Crippen LogP contribution in [0.4, 0.5) is 13.2 Å². The molecule has 1 heterocycles. The number of alkyl halides is 3. The first-order chi connectivity index (χ1) is 6.88. The van der Waals surface area contributed by atoms with Gasteiger partial charge < -0.3 is 4.42 Å². The highest BCUT2D eigenvalue weighted by Crippen LogP contribution is 2.35. The summed E-state index contributed by atoms with van der Waals surface area (Å²) >= 11 is 8.40. The largest absolute Gasteiger partial charge is 0.426 e. The summed E-state index contributed by atoms with van der Waals surface area (Å²) in [5, 5.41) is -0.190. The molecule has 0 amide bonds. The summed E-state index contributed by atoms with van der Waals surface area (Å²) in [7, 11) is 0. The molecular formula is C8H2BrClF3NO. The number of aromatic nitrogens is 1. The van der Waals surface area contributed by atoms with Gasteiger partial charge >= 0.3 is 6.18 Å². The topological polar surface area (TPSA) is 26.0 Å². The van der Waals surface area contributed by atoms with E-state index in [1.165, 1.54) is 0 Å². The molecular weight excluding hydrogens is 298 g/mol. The van der Waals surface area contributed by atoms with E-state index in [1.807, 2.05) is 0 Å². The van der Waals surface area contributed by atoms with Crippen molar-refractivity contribution in [3.63, 3.8) is 0 Å². The first-order valence-corrected chi connectivity index (χ1v) is 4.88. The number of fused-ring (bicyclic) bond motifs is 1. The molecule has 1 aromatic heterocycles. The summed E-state index contributed by atoms with van der Waals surface area (Å²) in [6.45, 7) is 0. The van der Waals surface area contributed by atoms with E-state index in [4.69, 9.17) is 16.0 Å². The molecule has 0 atom stereocenters. The molecule has 0 aliphatic heterocycles. The molecule has 2 nitrogen and oxygen atoms in total. The van der Waals surface area contributed by atoms with Crippen LogP contribution in [0.15, 0.2) is 21.0 Å². The minimum atomic E-state index is -4.41. The maximum atomic E-state index is 12.4. The van der Waals surface area contributed by atoms with Gasteiger partial charge in [-0.2, -0.15) is 18.2 Å². The van der Waals surface area contributed by atoms with E-state index in [0.29, 0.717) is 0 Å². The molecule has 2 aromatic rings. The molecule has 15 heavy (non-hydrogen) atoms. The summed E-state index contributed by atoms with van der Waals surface area (Å²) in [6, 6.07) is 1.80.